The summed E-state index contributed by atoms with van der Waals surface area (Å²) in [6.45, 7) is 12.0. The van der Waals surface area contributed by atoms with E-state index in [-0.39, 0.29) is 17.1 Å². The zero-order valence-electron chi connectivity index (χ0n) is 25.2. The minimum absolute atomic E-state index is 0.0900. The van der Waals surface area contributed by atoms with Crippen molar-refractivity contribution in [2.45, 2.75) is 46.4 Å². The average Bonchev–Trinajstić information content (AvgIpc) is 3.02. The molecule has 0 spiro atoms. The first-order valence-corrected chi connectivity index (χ1v) is 15.9. The molecule has 0 saturated heterocycles. The third kappa shape index (κ3) is 14.2. The molecule has 0 unspecified atom stereocenters. The smallest absolute Gasteiger partial charge is 0.261 e. The second-order valence-corrected chi connectivity index (χ2v) is 9.41. The van der Waals surface area contributed by atoms with E-state index in [0.29, 0.717) is 51.0 Å². The molecular weight excluding hydrogens is 594 g/mol. The van der Waals surface area contributed by atoms with Gasteiger partial charge in [-0.05, 0) is 41.8 Å². The maximum Gasteiger partial charge on any atom is 0.261 e. The minimum Gasteiger partial charge on any atom is -0.505 e. The fourth-order valence-corrected chi connectivity index (χ4v) is 3.46. The molecule has 0 saturated carbocycles. The van der Waals surface area contributed by atoms with Crippen LogP contribution in [0.1, 0.15) is 41.5 Å². The third-order valence-corrected chi connectivity index (χ3v) is 5.06. The lowest BCUT2D eigenvalue weighted by Crippen LogP contribution is -1.90. The van der Waals surface area contributed by atoms with Crippen molar-refractivity contribution in [3.05, 3.63) is 78.9 Å². The maximum atomic E-state index is 11.0. The number of benzene rings is 4. The molecule has 0 aliphatic heterocycles. The highest BCUT2D eigenvalue weighted by Gasteiger charge is 2.18. The Morgan fingerprint density at radius 1 is 0.767 bits per heavy atom. The first-order valence-electron chi connectivity index (χ1n) is 13.3. The van der Waals surface area contributed by atoms with Crippen molar-refractivity contribution in [3.63, 3.8) is 0 Å². The second kappa shape index (κ2) is 21.7. The normalized spacial score (nSPS) is 10.4. The highest BCUT2D eigenvalue weighted by atomic mass is 32.2. The summed E-state index contributed by atoms with van der Waals surface area (Å²) in [4.78, 5) is 0.349. The van der Waals surface area contributed by atoms with Crippen molar-refractivity contribution >= 4 is 61.4 Å². The summed E-state index contributed by atoms with van der Waals surface area (Å²) < 4.78 is 30.4. The van der Waals surface area contributed by atoms with Crippen LogP contribution in [0.25, 0.3) is 10.8 Å². The molecule has 12 nitrogen and oxygen atoms in total. The van der Waals surface area contributed by atoms with E-state index in [2.05, 4.69) is 29.8 Å². The van der Waals surface area contributed by atoms with Crippen LogP contribution in [-0.4, -0.2) is 29.6 Å². The fourth-order valence-electron chi connectivity index (χ4n) is 2.96. The van der Waals surface area contributed by atoms with Crippen LogP contribution in [0.2, 0.25) is 0 Å². The van der Waals surface area contributed by atoms with Gasteiger partial charge >= 0.3 is 0 Å². The summed E-state index contributed by atoms with van der Waals surface area (Å²) in [5.41, 5.74) is 8.28. The molecule has 14 heteroatoms. The van der Waals surface area contributed by atoms with Gasteiger partial charge in [0.1, 0.15) is 11.4 Å². The Hall–Kier alpha value is -3.92. The highest BCUT2D eigenvalue weighted by molar-refractivity contribution is 7.94. The number of azo groups is 2. The molecule has 4 aromatic rings. The maximum absolute atomic E-state index is 11.0. The first kappa shape index (κ1) is 39.1. The van der Waals surface area contributed by atoms with E-state index in [1.807, 2.05) is 90.1 Å². The van der Waals surface area contributed by atoms with E-state index in [0.717, 1.165) is 0 Å². The summed E-state index contributed by atoms with van der Waals surface area (Å²) in [5, 5.41) is 40.9. The zero-order valence-corrected chi connectivity index (χ0v) is 26.8. The van der Waals surface area contributed by atoms with Gasteiger partial charge in [0, 0.05) is 0 Å². The van der Waals surface area contributed by atoms with E-state index < -0.39 is 10.1 Å². The summed E-state index contributed by atoms with van der Waals surface area (Å²) in [5.74, 6) is -0.222. The van der Waals surface area contributed by atoms with Crippen molar-refractivity contribution < 1.29 is 32.7 Å². The summed E-state index contributed by atoms with van der Waals surface area (Å²) in [6.07, 6.45) is 0.715. The number of nitrogens with zero attached hydrogens (tertiary/aromatic N) is 4. The van der Waals surface area contributed by atoms with Crippen molar-refractivity contribution in [2.75, 3.05) is 12.0 Å². The Morgan fingerprint density at radius 2 is 1.23 bits per heavy atom. The Labute approximate surface area is 257 Å². The molecule has 4 rings (SSSR count). The van der Waals surface area contributed by atoms with Crippen LogP contribution in [0.15, 0.2) is 104 Å². The van der Waals surface area contributed by atoms with Crippen LogP contribution < -0.4 is 5.73 Å². The lowest BCUT2D eigenvalue weighted by molar-refractivity contribution is -0.432. The molecule has 0 aromatic heterocycles. The van der Waals surface area contributed by atoms with Gasteiger partial charge in [-0.25, -0.2) is 5.26 Å². The number of nitrogen functional groups attached to an aromatic ring is 1. The topological polar surface area (TPSA) is 189 Å². The van der Waals surface area contributed by atoms with Gasteiger partial charge in [0.25, 0.3) is 10.1 Å². The largest absolute Gasteiger partial charge is 0.505 e. The number of hydrogen-bond donors (Lipinski definition) is 4. The molecule has 234 valence electrons. The Balaban J connectivity index is 0.00000141. The van der Waals surface area contributed by atoms with Gasteiger partial charge in [0.2, 0.25) is 0 Å². The third-order valence-electron chi connectivity index (χ3n) is 4.44. The molecule has 0 fully saturated rings. The fraction of sp³-hybridized carbons (Fsp3) is 0.241. The van der Waals surface area contributed by atoms with Gasteiger partial charge in [-0.1, -0.05) is 89.0 Å². The quantitative estimate of drug-likeness (QED) is 0.0383. The number of hydrogen-bond acceptors (Lipinski definition) is 12. The summed E-state index contributed by atoms with van der Waals surface area (Å²) in [7, 11) is -3.67. The molecule has 0 aliphatic carbocycles. The Morgan fingerprint density at radius 3 is 1.70 bits per heavy atom. The molecule has 4 aromatic carbocycles. The number of aromatic hydroxyl groups is 1. The number of fused-ring (bicyclic) bond motifs is 1. The minimum atomic E-state index is -3.67. The monoisotopic (exact) mass is 633 g/mol. The summed E-state index contributed by atoms with van der Waals surface area (Å²) in [6, 6.07) is 23.3. The van der Waals surface area contributed by atoms with Crippen LogP contribution in [0.3, 0.4) is 0 Å². The van der Waals surface area contributed by atoms with E-state index in [9.17, 15) is 13.5 Å². The lowest BCUT2D eigenvalue weighted by Gasteiger charge is -2.12. The number of anilines is 1. The number of phenolic OH excluding ortho intramolecular Hbond substituents is 1. The average molecular weight is 634 g/mol. The van der Waals surface area contributed by atoms with Crippen LogP contribution >= 0.6 is 12.0 Å². The van der Waals surface area contributed by atoms with Gasteiger partial charge in [-0.15, -0.1) is 14.6 Å². The lowest BCUT2D eigenvalue weighted by atomic mass is 10.1. The first-order chi connectivity index (χ1) is 20.7. The molecule has 5 N–H and O–H groups in total. The Kier molecular flexibility index (Phi) is 19.8. The predicted octanol–water partition coefficient (Wildman–Crippen LogP) is 9.97. The van der Waals surface area contributed by atoms with Gasteiger partial charge in [0.15, 0.2) is 5.75 Å². The molecule has 0 amide bonds. The zero-order chi connectivity index (χ0) is 32.8. The van der Waals surface area contributed by atoms with Crippen LogP contribution in [-0.2, 0) is 19.5 Å². The van der Waals surface area contributed by atoms with Crippen molar-refractivity contribution in [1.29, 1.82) is 0 Å². The van der Waals surface area contributed by atoms with Crippen LogP contribution in [0.5, 0.6) is 5.75 Å². The standard InChI is InChI=1S/C22H17N5O4S.3C2H6.CH4O3S/c23-20-17(26-24-15-7-3-1-4-8-15)12-11-14-13-18(32-31-30-29)21(22(28)19(14)20)27-25-16-9-5-2-6-10-16;3*1-2;1-5(2,3)4/h1-13,28-29H,23H2;3*1-2H3;1H3,(H,2,3,4). The molecule has 0 aliphatic rings. The van der Waals surface area contributed by atoms with Crippen LogP contribution in [0.4, 0.5) is 28.4 Å². The number of nitrogens with two attached hydrogens (primary N) is 1. The molecule has 0 heterocycles. The molecule has 0 radical (unpaired) electrons. The number of rotatable bonds is 7. The van der Waals surface area contributed by atoms with Gasteiger partial charge in [0.05, 0.1) is 45.6 Å². The SMILES string of the molecule is CC.CC.CC.CS(=O)(=O)O.Nc1c(N=Nc2ccccc2)ccc2cc(SOOO)c(N=Nc3ccccc3)c(O)c12. The highest BCUT2D eigenvalue weighted by Crippen LogP contribution is 2.47. The van der Waals surface area contributed by atoms with E-state index in [1.165, 1.54) is 0 Å². The van der Waals surface area contributed by atoms with Crippen molar-refractivity contribution in [2.24, 2.45) is 20.5 Å². The number of phenols is 1. The Bertz CT molecular complexity index is 1510. The second-order valence-electron chi connectivity index (χ2n) is 7.20. The van der Waals surface area contributed by atoms with Crippen molar-refractivity contribution in [3.8, 4) is 5.75 Å². The van der Waals surface area contributed by atoms with Gasteiger partial charge in [-0.2, -0.15) is 18.6 Å². The van der Waals surface area contributed by atoms with E-state index >= 15 is 0 Å². The van der Waals surface area contributed by atoms with Gasteiger partial charge in [-0.3, -0.25) is 4.55 Å². The summed E-state index contributed by atoms with van der Waals surface area (Å²) >= 11 is 0.660. The molecular formula is C29H39N5O7S2. The van der Waals surface area contributed by atoms with E-state index in [1.54, 1.807) is 30.3 Å². The molecule has 43 heavy (non-hydrogen) atoms. The molecule has 0 bridgehead atoms. The molecule has 0 atom stereocenters. The van der Waals surface area contributed by atoms with Gasteiger partial charge < -0.3 is 10.8 Å². The van der Waals surface area contributed by atoms with E-state index in [4.69, 9.17) is 15.5 Å². The van der Waals surface area contributed by atoms with Crippen LogP contribution in [0, 0.1) is 0 Å². The predicted molar refractivity (Wildman–Crippen MR) is 173 cm³/mol. The van der Waals surface area contributed by atoms with Crippen molar-refractivity contribution in [1.82, 2.24) is 0 Å².